The summed E-state index contributed by atoms with van der Waals surface area (Å²) in [5.74, 6) is -0.828. The van der Waals surface area contributed by atoms with E-state index < -0.39 is 11.1 Å². The van der Waals surface area contributed by atoms with Crippen LogP contribution in [0.3, 0.4) is 0 Å². The summed E-state index contributed by atoms with van der Waals surface area (Å²) in [6, 6.07) is 10.2. The topological polar surface area (TPSA) is 55.9 Å². The second-order valence-corrected chi connectivity index (χ2v) is 10.2. The molecule has 0 bridgehead atoms. The van der Waals surface area contributed by atoms with E-state index in [4.69, 9.17) is 34.8 Å². The molecular weight excluding hydrogens is 847 g/mol. The van der Waals surface area contributed by atoms with Crippen molar-refractivity contribution in [3.05, 3.63) is 83.4 Å². The van der Waals surface area contributed by atoms with Gasteiger partial charge >= 0.3 is 0 Å². The highest BCUT2D eigenvalue weighted by molar-refractivity contribution is 14.1. The number of amides is 1. The van der Waals surface area contributed by atoms with Crippen LogP contribution in [-0.2, 0) is 9.59 Å². The summed E-state index contributed by atoms with van der Waals surface area (Å²) in [6.45, 7) is 15.5. The van der Waals surface area contributed by atoms with Gasteiger partial charge in [-0.1, -0.05) is 81.5 Å². The Kier molecular flexibility index (Phi) is 22.5. The zero-order valence-electron chi connectivity index (χ0n) is 24.7. The van der Waals surface area contributed by atoms with Crippen LogP contribution in [0.5, 0.6) is 0 Å². The first-order valence-corrected chi connectivity index (χ1v) is 18.6. The van der Waals surface area contributed by atoms with Gasteiger partial charge in [-0.05, 0) is 83.9 Å². The number of carbonyl (C=O) groups is 2. The maximum absolute atomic E-state index is 13.2. The number of allylic oxidation sites excluding steroid dienone is 1. The van der Waals surface area contributed by atoms with Crippen LogP contribution in [0.2, 0.25) is 10.0 Å². The smallest absolute Gasteiger partial charge is 0.246 e. The fraction of sp³-hybridized carbons (Fsp3) is 0.400. The second-order valence-electron chi connectivity index (χ2n) is 8.98. The van der Waals surface area contributed by atoms with E-state index in [9.17, 15) is 18.4 Å². The lowest BCUT2D eigenvalue weighted by molar-refractivity contribution is -0.126. The van der Waals surface area contributed by atoms with E-state index in [-0.39, 0.29) is 27.8 Å². The Bertz CT molecular complexity index is 1180. The van der Waals surface area contributed by atoms with Crippen molar-refractivity contribution in [2.24, 2.45) is 0 Å². The Morgan fingerprint density at radius 3 is 1.70 bits per heavy atom. The summed E-state index contributed by atoms with van der Waals surface area (Å²) in [5, 5.41) is 3.11. The van der Waals surface area contributed by atoms with Gasteiger partial charge in [-0.25, -0.2) is 8.78 Å². The molecule has 0 aromatic heterocycles. The second kappa shape index (κ2) is 23.2. The first-order chi connectivity index (χ1) is 20.5. The third kappa shape index (κ3) is 14.6. The van der Waals surface area contributed by atoms with Crippen LogP contribution in [-0.4, -0.2) is 77.3 Å². The Morgan fingerprint density at radius 1 is 0.860 bits per heavy atom. The van der Waals surface area contributed by atoms with E-state index in [1.54, 1.807) is 29.2 Å². The largest absolute Gasteiger partial charge is 0.366 e. The predicted octanol–water partition coefficient (Wildman–Crippen LogP) is 8.02. The zero-order chi connectivity index (χ0) is 33.1. The Morgan fingerprint density at radius 2 is 1.33 bits per heavy atom. The van der Waals surface area contributed by atoms with Crippen LogP contribution in [0.1, 0.15) is 13.8 Å². The molecule has 2 aromatic rings. The summed E-state index contributed by atoms with van der Waals surface area (Å²) in [5.41, 5.74) is 1.88. The molecule has 43 heavy (non-hydrogen) atoms. The minimum atomic E-state index is -0.509. The normalized spacial score (nSPS) is 17.2. The predicted molar refractivity (Wildman–Crippen MR) is 197 cm³/mol. The number of nitrogens with one attached hydrogen (secondary N) is 1. The summed E-state index contributed by atoms with van der Waals surface area (Å²) < 4.78 is 26.2. The molecule has 4 rings (SSSR count). The van der Waals surface area contributed by atoms with Crippen molar-refractivity contribution in [3.8, 4) is 0 Å². The SMILES string of the molecule is C=CC(=O)Cl.C=CC(=O)N1CCN(c2ccc(F)c(Cl)c2)[C@@H](C)C1.CI.CI.C[C@H]1CNCCN1c1ccc(F)c(Cl)c1. The number of rotatable bonds is 4. The number of nitrogens with zero attached hydrogens (tertiary/aromatic N) is 3. The van der Waals surface area contributed by atoms with Crippen molar-refractivity contribution in [2.75, 3.05) is 58.9 Å². The van der Waals surface area contributed by atoms with Crippen molar-refractivity contribution >= 4 is 103 Å². The maximum Gasteiger partial charge on any atom is 0.246 e. The van der Waals surface area contributed by atoms with E-state index in [0.717, 1.165) is 37.1 Å². The maximum atomic E-state index is 13.2. The minimum absolute atomic E-state index is 0.0522. The number of halogens is 7. The fourth-order valence-corrected chi connectivity index (χ4v) is 4.57. The van der Waals surface area contributed by atoms with Gasteiger partial charge in [-0.2, -0.15) is 0 Å². The van der Waals surface area contributed by atoms with Crippen molar-refractivity contribution in [1.82, 2.24) is 10.2 Å². The van der Waals surface area contributed by atoms with Crippen molar-refractivity contribution in [3.63, 3.8) is 0 Å². The molecule has 1 amide bonds. The first kappa shape index (κ1) is 41.8. The molecule has 2 atom stereocenters. The van der Waals surface area contributed by atoms with Crippen LogP contribution in [0.4, 0.5) is 20.2 Å². The highest BCUT2D eigenvalue weighted by atomic mass is 127. The van der Waals surface area contributed by atoms with Crippen LogP contribution < -0.4 is 15.1 Å². The number of benzene rings is 2. The third-order valence-electron chi connectivity index (χ3n) is 6.25. The lowest BCUT2D eigenvalue weighted by Gasteiger charge is -2.41. The Hall–Kier alpha value is -1.19. The van der Waals surface area contributed by atoms with Crippen LogP contribution in [0.25, 0.3) is 0 Å². The van der Waals surface area contributed by atoms with E-state index in [2.05, 4.69) is 80.4 Å². The molecule has 6 nitrogen and oxygen atoms in total. The van der Waals surface area contributed by atoms with E-state index in [1.165, 1.54) is 18.2 Å². The molecule has 2 saturated heterocycles. The zero-order valence-corrected chi connectivity index (χ0v) is 31.3. The first-order valence-electron chi connectivity index (χ1n) is 13.1. The van der Waals surface area contributed by atoms with E-state index in [1.807, 2.05) is 16.8 Å². The van der Waals surface area contributed by atoms with Crippen LogP contribution in [0, 0.1) is 11.6 Å². The van der Waals surface area contributed by atoms with Gasteiger partial charge in [0.25, 0.3) is 0 Å². The van der Waals surface area contributed by atoms with Gasteiger partial charge in [-0.3, -0.25) is 9.59 Å². The molecule has 2 aromatic carbocycles. The molecule has 0 saturated carbocycles. The van der Waals surface area contributed by atoms with Crippen molar-refractivity contribution in [1.29, 1.82) is 0 Å². The summed E-state index contributed by atoms with van der Waals surface area (Å²) in [7, 11) is 0. The molecule has 2 fully saturated rings. The minimum Gasteiger partial charge on any atom is -0.366 e. The standard InChI is InChI=1S/C14H16ClFN2O.C11H14ClFN2.C3H3ClO.2CH3I/c1-3-14(19)17-6-7-18(10(2)9-17)11-4-5-13(16)12(15)8-11;1-8-7-14-4-5-15(8)9-2-3-11(13)10(12)6-9;1-2-3(4)5;2*1-2/h3-5,8,10H,1,6-7,9H2,2H3;2-3,6,8,14H,4-5,7H2,1H3;2H,1H2;2*1H3/t10-;8-;;;/m00.../s1. The average Bonchev–Trinajstić information content (AvgIpc) is 3.02. The summed E-state index contributed by atoms with van der Waals surface area (Å²) in [6.07, 6.45) is 2.37. The highest BCUT2D eigenvalue weighted by Gasteiger charge is 2.26. The number of alkyl halides is 2. The molecule has 1 N–H and O–H groups in total. The van der Waals surface area contributed by atoms with Crippen LogP contribution >= 0.6 is 80.0 Å². The highest BCUT2D eigenvalue weighted by Crippen LogP contribution is 2.26. The molecule has 0 aliphatic carbocycles. The van der Waals surface area contributed by atoms with Crippen molar-refractivity contribution < 1.29 is 18.4 Å². The van der Waals surface area contributed by atoms with Gasteiger partial charge in [0, 0.05) is 62.7 Å². The van der Waals surface area contributed by atoms with Gasteiger partial charge in [-0.15, -0.1) is 0 Å². The van der Waals surface area contributed by atoms with Gasteiger partial charge in [0.2, 0.25) is 11.1 Å². The van der Waals surface area contributed by atoms with Gasteiger partial charge < -0.3 is 20.0 Å². The molecule has 0 spiro atoms. The van der Waals surface area contributed by atoms with E-state index >= 15 is 0 Å². The molecule has 240 valence electrons. The van der Waals surface area contributed by atoms with Crippen molar-refractivity contribution in [2.45, 2.75) is 25.9 Å². The van der Waals surface area contributed by atoms with Gasteiger partial charge in [0.1, 0.15) is 11.6 Å². The monoisotopic (exact) mass is 884 g/mol. The number of piperazine rings is 2. The number of hydrogen-bond donors (Lipinski definition) is 1. The van der Waals surface area contributed by atoms with Gasteiger partial charge in [0.05, 0.1) is 10.0 Å². The average molecular weight is 886 g/mol. The number of hydrogen-bond acceptors (Lipinski definition) is 5. The summed E-state index contributed by atoms with van der Waals surface area (Å²) in [4.78, 5) is 31.1. The van der Waals surface area contributed by atoms with Gasteiger partial charge in [0.15, 0.2) is 0 Å². The molecule has 0 unspecified atom stereocenters. The fourth-order valence-electron chi connectivity index (χ4n) is 4.22. The Labute approximate surface area is 297 Å². The quantitative estimate of drug-likeness (QED) is 0.146. The summed E-state index contributed by atoms with van der Waals surface area (Å²) >= 11 is 20.6. The Balaban J connectivity index is 0.000000655. The van der Waals surface area contributed by atoms with E-state index in [0.29, 0.717) is 25.7 Å². The lowest BCUT2D eigenvalue weighted by Crippen LogP contribution is -2.53. The lowest BCUT2D eigenvalue weighted by atomic mass is 10.1. The molecule has 2 aliphatic rings. The molecule has 2 aliphatic heterocycles. The molecule has 0 radical (unpaired) electrons. The molecule has 13 heteroatoms. The number of carbonyl (C=O) groups excluding carboxylic acids is 2. The van der Waals surface area contributed by atoms with Crippen LogP contribution in [0.15, 0.2) is 61.7 Å². The number of anilines is 2. The molecular formula is C30H39Cl3F2I2N4O2. The molecule has 2 heterocycles. The third-order valence-corrected chi connectivity index (χ3v) is 6.98.